The van der Waals surface area contributed by atoms with Crippen molar-refractivity contribution >= 4 is 34.5 Å². The number of nitrogens with two attached hydrogens (primary N) is 1. The van der Waals surface area contributed by atoms with E-state index in [0.717, 1.165) is 16.8 Å². The average molecular weight is 645 g/mol. The number of primary amides is 1. The number of hydrogen-bond acceptors (Lipinski definition) is 10. The maximum atomic E-state index is 14.2. The summed E-state index contributed by atoms with van der Waals surface area (Å²) in [4.78, 5) is 43.1. The van der Waals surface area contributed by atoms with Crippen molar-refractivity contribution in [2.45, 2.75) is 37.5 Å². The second-order valence-electron chi connectivity index (χ2n) is 13.0. The third-order valence-electron chi connectivity index (χ3n) is 9.81. The average Bonchev–Trinajstić information content (AvgIpc) is 3.47. The zero-order valence-electron chi connectivity index (χ0n) is 26.5. The van der Waals surface area contributed by atoms with Crippen LogP contribution >= 0.6 is 0 Å². The molecule has 11 nitrogen and oxygen atoms in total. The fraction of sp³-hybridized carbons (Fsp3) is 0.343. The van der Waals surface area contributed by atoms with Crippen LogP contribution in [0.25, 0.3) is 11.3 Å². The van der Waals surface area contributed by atoms with Crippen LogP contribution in [0.15, 0.2) is 65.1 Å². The molecule has 1 fully saturated rings. The van der Waals surface area contributed by atoms with E-state index in [0.29, 0.717) is 23.2 Å². The Morgan fingerprint density at radius 1 is 1.11 bits per heavy atom. The maximum absolute atomic E-state index is 14.2. The number of aromatic hydroxyl groups is 1. The van der Waals surface area contributed by atoms with Gasteiger partial charge in [-0.1, -0.05) is 18.2 Å². The number of ketones is 2. The van der Waals surface area contributed by atoms with Crippen LogP contribution in [0, 0.1) is 17.7 Å². The van der Waals surface area contributed by atoms with Crippen molar-refractivity contribution in [1.29, 1.82) is 0 Å². The molecule has 47 heavy (non-hydrogen) atoms. The first kappa shape index (κ1) is 32.0. The molecule has 2 aromatic rings. The zero-order chi connectivity index (χ0) is 34.1. The van der Waals surface area contributed by atoms with Gasteiger partial charge in [0.25, 0.3) is 5.91 Å². The van der Waals surface area contributed by atoms with Crippen molar-refractivity contribution in [3.05, 3.63) is 93.2 Å². The van der Waals surface area contributed by atoms with E-state index in [2.05, 4.69) is 5.32 Å². The van der Waals surface area contributed by atoms with E-state index in [1.165, 1.54) is 17.0 Å². The normalized spacial score (nSPS) is 25.3. The minimum Gasteiger partial charge on any atom is -0.508 e. The van der Waals surface area contributed by atoms with Crippen molar-refractivity contribution in [2.24, 2.45) is 17.6 Å². The van der Waals surface area contributed by atoms with Gasteiger partial charge in [-0.2, -0.15) is 0 Å². The van der Waals surface area contributed by atoms with E-state index >= 15 is 0 Å². The van der Waals surface area contributed by atoms with E-state index < -0.39 is 58.0 Å². The first-order chi connectivity index (χ1) is 22.2. The number of aliphatic hydroxyl groups excluding tert-OH is 2. The standard InChI is InChI=1S/C35H37FN4O7/c1-39(2)24-14-19(15-38-21-10-7-17(11-21)16-5-8-20(36)9-6-16)29(41)26-22(24)12-18-13-23-28(40(3)4)31(43)27(34(37)46)33(45)35(23,47)32(44)25(18)30(26)42/h5-9,11,14,18,23,28,38,41-42,45,47H,10,12-13,15H2,1-4H3,(H2,37,46)/t18-,23-,28?,35-/m1/s1. The Bertz CT molecular complexity index is 1860. The quantitative estimate of drug-likeness (QED) is 0.246. The summed E-state index contributed by atoms with van der Waals surface area (Å²) in [5.74, 6) is -7.18. The van der Waals surface area contributed by atoms with Gasteiger partial charge in [0.2, 0.25) is 5.78 Å². The lowest BCUT2D eigenvalue weighted by Crippen LogP contribution is -2.65. The Hall–Kier alpha value is -4.94. The summed E-state index contributed by atoms with van der Waals surface area (Å²) in [5, 5.41) is 49.6. The van der Waals surface area contributed by atoms with Gasteiger partial charge >= 0.3 is 0 Å². The molecule has 0 radical (unpaired) electrons. The van der Waals surface area contributed by atoms with Crippen LogP contribution < -0.4 is 16.0 Å². The molecule has 0 aromatic heterocycles. The number of carbonyl (C=O) groups excluding carboxylic acids is 3. The van der Waals surface area contributed by atoms with Crippen LogP contribution in [0.3, 0.4) is 0 Å². The molecule has 4 aliphatic rings. The number of aliphatic hydroxyl groups is 3. The molecule has 246 valence electrons. The van der Waals surface area contributed by atoms with Crippen LogP contribution in [-0.4, -0.2) is 82.6 Å². The van der Waals surface area contributed by atoms with Gasteiger partial charge in [0.15, 0.2) is 11.4 Å². The number of benzene rings is 2. The second-order valence-corrected chi connectivity index (χ2v) is 13.0. The van der Waals surface area contributed by atoms with Crippen LogP contribution in [0.2, 0.25) is 0 Å². The Labute approximate surface area is 270 Å². The molecule has 1 unspecified atom stereocenters. The Kier molecular flexibility index (Phi) is 7.76. The predicted octanol–water partition coefficient (Wildman–Crippen LogP) is 2.63. The number of hydrogen-bond donors (Lipinski definition) is 6. The molecule has 0 heterocycles. The van der Waals surface area contributed by atoms with Gasteiger partial charge < -0.3 is 36.4 Å². The highest BCUT2D eigenvalue weighted by molar-refractivity contribution is 6.24. The number of amides is 1. The summed E-state index contributed by atoms with van der Waals surface area (Å²) < 4.78 is 13.4. The summed E-state index contributed by atoms with van der Waals surface area (Å²) >= 11 is 0. The summed E-state index contributed by atoms with van der Waals surface area (Å²) in [6.45, 7) is 0.167. The van der Waals surface area contributed by atoms with Gasteiger partial charge in [-0.25, -0.2) is 4.39 Å². The van der Waals surface area contributed by atoms with Gasteiger partial charge in [-0.15, -0.1) is 0 Å². The zero-order valence-corrected chi connectivity index (χ0v) is 26.5. The summed E-state index contributed by atoms with van der Waals surface area (Å²) in [5.41, 5.74) is 6.07. The van der Waals surface area contributed by atoms with E-state index in [4.69, 9.17) is 5.73 Å². The first-order valence-electron chi connectivity index (χ1n) is 15.3. The molecular weight excluding hydrogens is 607 g/mol. The van der Waals surface area contributed by atoms with E-state index in [9.17, 15) is 39.2 Å². The number of nitrogens with zero attached hydrogens (tertiary/aromatic N) is 2. The van der Waals surface area contributed by atoms with Gasteiger partial charge in [-0.05, 0) is 73.8 Å². The minimum absolute atomic E-state index is 0.0141. The predicted molar refractivity (Wildman–Crippen MR) is 172 cm³/mol. The number of nitrogens with one attached hydrogen (secondary N) is 1. The fourth-order valence-corrected chi connectivity index (χ4v) is 7.58. The van der Waals surface area contributed by atoms with Gasteiger partial charge in [0.05, 0.1) is 11.6 Å². The largest absolute Gasteiger partial charge is 0.508 e. The first-order valence-corrected chi connectivity index (χ1v) is 15.3. The number of halogens is 1. The number of phenolic OH excluding ortho intramolecular Hbond substituents is 1. The number of carbonyl (C=O) groups is 3. The Balaban J connectivity index is 1.39. The molecule has 0 spiro atoms. The van der Waals surface area contributed by atoms with E-state index in [1.807, 2.05) is 37.2 Å². The molecule has 7 N–H and O–H groups in total. The van der Waals surface area contributed by atoms with Crippen molar-refractivity contribution < 1.29 is 39.2 Å². The number of likely N-dealkylation sites (N-methyl/N-ethyl adjacent to an activating group) is 1. The molecule has 2 aromatic carbocycles. The number of anilines is 1. The molecule has 0 saturated heterocycles. The Morgan fingerprint density at radius 3 is 2.40 bits per heavy atom. The van der Waals surface area contributed by atoms with Crippen molar-refractivity contribution in [3.63, 3.8) is 0 Å². The lowest BCUT2D eigenvalue weighted by atomic mass is 9.57. The molecule has 4 atom stereocenters. The third-order valence-corrected chi connectivity index (χ3v) is 9.81. The van der Waals surface area contributed by atoms with Crippen LogP contribution in [0.5, 0.6) is 5.75 Å². The topological polar surface area (TPSA) is 177 Å². The van der Waals surface area contributed by atoms with E-state index in [-0.39, 0.29) is 42.1 Å². The maximum Gasteiger partial charge on any atom is 0.255 e. The highest BCUT2D eigenvalue weighted by Crippen LogP contribution is 2.54. The molecule has 6 rings (SSSR count). The van der Waals surface area contributed by atoms with Crippen molar-refractivity contribution in [2.75, 3.05) is 33.1 Å². The highest BCUT2D eigenvalue weighted by atomic mass is 19.1. The second kappa shape index (κ2) is 11.4. The van der Waals surface area contributed by atoms with Crippen molar-refractivity contribution in [3.8, 4) is 5.75 Å². The van der Waals surface area contributed by atoms with Gasteiger partial charge in [0.1, 0.15) is 28.7 Å². The van der Waals surface area contributed by atoms with Crippen LogP contribution in [0.1, 0.15) is 35.1 Å². The lowest BCUT2D eigenvalue weighted by Gasteiger charge is -2.50. The summed E-state index contributed by atoms with van der Waals surface area (Å²) in [7, 11) is 6.76. The number of Topliss-reactive ketones (excluding diaryl/α,β-unsaturated/α-hetero) is 2. The molecule has 12 heteroatoms. The Morgan fingerprint density at radius 2 is 1.79 bits per heavy atom. The number of allylic oxidation sites excluding steroid dienone is 3. The molecular formula is C35H37FN4O7. The van der Waals surface area contributed by atoms with Crippen LogP contribution in [0.4, 0.5) is 10.1 Å². The third kappa shape index (κ3) is 4.90. The number of phenols is 1. The fourth-order valence-electron chi connectivity index (χ4n) is 7.58. The molecule has 1 amide bonds. The lowest BCUT2D eigenvalue weighted by molar-refractivity contribution is -0.153. The number of fused-ring (bicyclic) bond motifs is 3. The smallest absolute Gasteiger partial charge is 0.255 e. The van der Waals surface area contributed by atoms with Gasteiger partial charge in [0, 0.05) is 55.5 Å². The summed E-state index contributed by atoms with van der Waals surface area (Å²) in [6.07, 6.45) is 4.74. The minimum atomic E-state index is -2.70. The highest BCUT2D eigenvalue weighted by Gasteiger charge is 2.64. The molecule has 0 bridgehead atoms. The number of rotatable bonds is 7. The molecule has 1 saturated carbocycles. The molecule has 0 aliphatic heterocycles. The van der Waals surface area contributed by atoms with Gasteiger partial charge in [-0.3, -0.25) is 19.3 Å². The van der Waals surface area contributed by atoms with Crippen molar-refractivity contribution in [1.82, 2.24) is 10.2 Å². The van der Waals surface area contributed by atoms with E-state index in [1.54, 1.807) is 26.2 Å². The molecule has 4 aliphatic carbocycles. The SMILES string of the molecule is CN(C)c1cc(CNC2=CC(c3ccc(F)cc3)=CC2)c(O)c2c1C[C@@H]1C[C@@H]3C(N(C)C)C(=O)C(C(N)=O)=C(O)[C@]3(O)C(=O)C1=C2O. The van der Waals surface area contributed by atoms with Crippen LogP contribution in [-0.2, 0) is 27.3 Å². The summed E-state index contributed by atoms with van der Waals surface area (Å²) in [6, 6.07) is 6.85. The monoisotopic (exact) mass is 644 g/mol.